The third-order valence-corrected chi connectivity index (χ3v) is 3.14. The molecule has 1 aromatic carbocycles. The lowest BCUT2D eigenvalue weighted by atomic mass is 10.2. The van der Waals surface area contributed by atoms with Gasteiger partial charge in [-0.2, -0.15) is 5.10 Å². The zero-order chi connectivity index (χ0) is 14.0. The Bertz CT molecular complexity index is 465. The van der Waals surface area contributed by atoms with Crippen LogP contribution in [0.3, 0.4) is 0 Å². The Morgan fingerprint density at radius 2 is 1.95 bits per heavy atom. The van der Waals surface area contributed by atoms with Crippen molar-refractivity contribution in [1.29, 1.82) is 0 Å². The van der Waals surface area contributed by atoms with Gasteiger partial charge < -0.3 is 10.1 Å². The van der Waals surface area contributed by atoms with Crippen LogP contribution in [0.2, 0.25) is 0 Å². The van der Waals surface area contributed by atoms with Crippen molar-refractivity contribution in [3.05, 3.63) is 47.8 Å². The molecule has 4 heteroatoms. The van der Waals surface area contributed by atoms with Crippen LogP contribution in [0.25, 0.3) is 0 Å². The summed E-state index contributed by atoms with van der Waals surface area (Å²) in [6.07, 6.45) is 5.35. The summed E-state index contributed by atoms with van der Waals surface area (Å²) in [5, 5.41) is 10.2. The van der Waals surface area contributed by atoms with E-state index in [2.05, 4.69) is 34.6 Å². The molecule has 0 saturated heterocycles. The van der Waals surface area contributed by atoms with E-state index in [1.54, 1.807) is 6.20 Å². The van der Waals surface area contributed by atoms with E-state index >= 15 is 0 Å². The van der Waals surface area contributed by atoms with Crippen molar-refractivity contribution in [2.75, 3.05) is 6.61 Å². The number of rotatable bonds is 9. The van der Waals surface area contributed by atoms with Crippen LogP contribution in [0.1, 0.15) is 37.4 Å². The molecule has 2 aromatic rings. The molecule has 0 saturated carbocycles. The van der Waals surface area contributed by atoms with Gasteiger partial charge in [0.1, 0.15) is 5.75 Å². The molecule has 0 bridgehead atoms. The van der Waals surface area contributed by atoms with Gasteiger partial charge in [-0.25, -0.2) is 0 Å². The maximum Gasteiger partial charge on any atom is 0.119 e. The highest BCUT2D eigenvalue weighted by Gasteiger charge is 1.97. The van der Waals surface area contributed by atoms with E-state index < -0.39 is 0 Å². The number of H-pyrrole nitrogens is 1. The number of aromatic nitrogens is 2. The molecular weight excluding hydrogens is 250 g/mol. The van der Waals surface area contributed by atoms with Gasteiger partial charge in [0, 0.05) is 25.0 Å². The van der Waals surface area contributed by atoms with Crippen molar-refractivity contribution >= 4 is 0 Å². The normalized spacial score (nSPS) is 10.7. The van der Waals surface area contributed by atoms with Gasteiger partial charge in [0.2, 0.25) is 0 Å². The average molecular weight is 273 g/mol. The smallest absolute Gasteiger partial charge is 0.119 e. The Hall–Kier alpha value is -1.81. The molecule has 0 aliphatic carbocycles. The van der Waals surface area contributed by atoms with E-state index in [-0.39, 0.29) is 0 Å². The first-order valence-electron chi connectivity index (χ1n) is 7.29. The lowest BCUT2D eigenvalue weighted by Crippen LogP contribution is -2.12. The number of nitrogens with zero attached hydrogens (tertiary/aromatic N) is 1. The van der Waals surface area contributed by atoms with Crippen molar-refractivity contribution in [2.45, 2.75) is 39.3 Å². The third kappa shape index (κ3) is 5.05. The van der Waals surface area contributed by atoms with Crippen LogP contribution in [0.15, 0.2) is 36.5 Å². The van der Waals surface area contributed by atoms with Crippen molar-refractivity contribution in [3.63, 3.8) is 0 Å². The lowest BCUT2D eigenvalue weighted by molar-refractivity contribution is 0.306. The number of ether oxygens (including phenoxy) is 1. The minimum absolute atomic E-state index is 0.801. The highest BCUT2D eigenvalue weighted by molar-refractivity contribution is 5.27. The first-order valence-corrected chi connectivity index (χ1v) is 7.29. The van der Waals surface area contributed by atoms with Crippen LogP contribution in [0, 0.1) is 0 Å². The van der Waals surface area contributed by atoms with Gasteiger partial charge in [-0.15, -0.1) is 0 Å². The second-order valence-electron chi connectivity index (χ2n) is 4.88. The van der Waals surface area contributed by atoms with Gasteiger partial charge in [0.15, 0.2) is 0 Å². The number of nitrogens with one attached hydrogen (secondary N) is 2. The monoisotopic (exact) mass is 273 g/mol. The maximum atomic E-state index is 5.69. The molecule has 0 aliphatic rings. The zero-order valence-corrected chi connectivity index (χ0v) is 12.1. The number of aromatic amines is 1. The Morgan fingerprint density at radius 1 is 1.10 bits per heavy atom. The number of unbranched alkanes of at least 4 members (excludes halogenated alkanes) is 2. The second kappa shape index (κ2) is 8.38. The Morgan fingerprint density at radius 3 is 2.65 bits per heavy atom. The SMILES string of the molecule is CCCCCOc1ccc(CNCc2ccn[nH]2)cc1. The molecule has 1 heterocycles. The summed E-state index contributed by atoms with van der Waals surface area (Å²) in [6, 6.07) is 10.3. The van der Waals surface area contributed by atoms with Crippen LogP contribution in [-0.2, 0) is 13.1 Å². The quantitative estimate of drug-likeness (QED) is 0.689. The molecule has 0 spiro atoms. The van der Waals surface area contributed by atoms with E-state index in [4.69, 9.17) is 4.74 Å². The molecule has 0 atom stereocenters. The van der Waals surface area contributed by atoms with Crippen LogP contribution in [0.4, 0.5) is 0 Å². The van der Waals surface area contributed by atoms with Crippen molar-refractivity contribution < 1.29 is 4.74 Å². The van der Waals surface area contributed by atoms with Crippen molar-refractivity contribution in [3.8, 4) is 5.75 Å². The summed E-state index contributed by atoms with van der Waals surface area (Å²) in [7, 11) is 0. The lowest BCUT2D eigenvalue weighted by Gasteiger charge is -2.07. The maximum absolute atomic E-state index is 5.69. The van der Waals surface area contributed by atoms with Gasteiger partial charge in [0.25, 0.3) is 0 Å². The molecule has 1 aromatic heterocycles. The summed E-state index contributed by atoms with van der Waals surface area (Å²) >= 11 is 0. The Balaban J connectivity index is 1.68. The van der Waals surface area contributed by atoms with Gasteiger partial charge in [-0.1, -0.05) is 31.9 Å². The van der Waals surface area contributed by atoms with Crippen molar-refractivity contribution in [2.24, 2.45) is 0 Å². The molecule has 0 unspecified atom stereocenters. The van der Waals surface area contributed by atoms with E-state index in [1.165, 1.54) is 18.4 Å². The second-order valence-corrected chi connectivity index (χ2v) is 4.88. The first-order chi connectivity index (χ1) is 9.88. The highest BCUT2D eigenvalue weighted by Crippen LogP contribution is 2.13. The first kappa shape index (κ1) is 14.6. The van der Waals surface area contributed by atoms with Gasteiger partial charge in [0.05, 0.1) is 6.61 Å². The number of hydrogen-bond donors (Lipinski definition) is 2. The summed E-state index contributed by atoms with van der Waals surface area (Å²) in [5.41, 5.74) is 2.35. The fourth-order valence-corrected chi connectivity index (χ4v) is 1.97. The van der Waals surface area contributed by atoms with E-state index in [0.717, 1.165) is 37.6 Å². The van der Waals surface area contributed by atoms with Gasteiger partial charge in [-0.05, 0) is 30.2 Å². The molecule has 2 N–H and O–H groups in total. The minimum atomic E-state index is 0.801. The van der Waals surface area contributed by atoms with E-state index in [0.29, 0.717) is 0 Å². The summed E-state index contributed by atoms with van der Waals surface area (Å²) < 4.78 is 5.69. The van der Waals surface area contributed by atoms with Crippen molar-refractivity contribution in [1.82, 2.24) is 15.5 Å². The summed E-state index contributed by atoms with van der Waals surface area (Å²) in [6.45, 7) is 4.65. The zero-order valence-electron chi connectivity index (χ0n) is 12.1. The fourth-order valence-electron chi connectivity index (χ4n) is 1.97. The predicted octanol–water partition coefficient (Wildman–Crippen LogP) is 3.27. The molecule has 108 valence electrons. The molecule has 4 nitrogen and oxygen atoms in total. The number of benzene rings is 1. The molecule has 0 fully saturated rings. The summed E-state index contributed by atoms with van der Waals surface area (Å²) in [5.74, 6) is 0.957. The molecular formula is C16H23N3O. The highest BCUT2D eigenvalue weighted by atomic mass is 16.5. The van der Waals surface area contributed by atoms with E-state index in [9.17, 15) is 0 Å². The van der Waals surface area contributed by atoms with E-state index in [1.807, 2.05) is 18.2 Å². The summed E-state index contributed by atoms with van der Waals surface area (Å²) in [4.78, 5) is 0. The Kier molecular flexibility index (Phi) is 6.11. The molecule has 0 radical (unpaired) electrons. The van der Waals surface area contributed by atoms with Gasteiger partial charge >= 0.3 is 0 Å². The minimum Gasteiger partial charge on any atom is -0.494 e. The fraction of sp³-hybridized carbons (Fsp3) is 0.438. The van der Waals surface area contributed by atoms with Gasteiger partial charge in [-0.3, -0.25) is 5.10 Å². The third-order valence-electron chi connectivity index (χ3n) is 3.14. The number of hydrogen-bond acceptors (Lipinski definition) is 3. The van der Waals surface area contributed by atoms with Crippen LogP contribution >= 0.6 is 0 Å². The predicted molar refractivity (Wildman–Crippen MR) is 80.6 cm³/mol. The standard InChI is InChI=1S/C16H23N3O/c1-2-3-4-11-20-16-7-5-14(6-8-16)12-17-13-15-9-10-18-19-15/h5-10,17H,2-4,11-13H2,1H3,(H,18,19). The largest absolute Gasteiger partial charge is 0.494 e. The molecule has 0 amide bonds. The van der Waals surface area contributed by atoms with Crippen LogP contribution in [0.5, 0.6) is 5.75 Å². The topological polar surface area (TPSA) is 49.9 Å². The Labute approximate surface area is 120 Å². The van der Waals surface area contributed by atoms with Crippen LogP contribution < -0.4 is 10.1 Å². The molecule has 0 aliphatic heterocycles. The molecule has 20 heavy (non-hydrogen) atoms. The molecule has 2 rings (SSSR count). The van der Waals surface area contributed by atoms with Crippen LogP contribution in [-0.4, -0.2) is 16.8 Å². The average Bonchev–Trinajstić information content (AvgIpc) is 2.98.